The van der Waals surface area contributed by atoms with Crippen molar-refractivity contribution >= 4 is 5.97 Å². The summed E-state index contributed by atoms with van der Waals surface area (Å²) in [6.07, 6.45) is 1.38. The normalized spacial score (nSPS) is 12.6. The van der Waals surface area contributed by atoms with Gasteiger partial charge in [-0.2, -0.15) is 0 Å². The average molecular weight is 292 g/mol. The molecule has 0 saturated carbocycles. The van der Waals surface area contributed by atoms with Crippen molar-refractivity contribution < 1.29 is 14.3 Å². The molecular formula is C14H17FN4O2. The number of rotatable bonds is 6. The van der Waals surface area contributed by atoms with Crippen molar-refractivity contribution in [1.29, 1.82) is 0 Å². The zero-order valence-corrected chi connectivity index (χ0v) is 11.9. The standard InChI is InChI=1S/C14H17FN4O2/c1-10(11-5-3-4-6-12(11)15)18(2)7-8-19-9-13(14(20)21)16-17-19/h3-6,9-10H,7-8H2,1-2H3,(H,20,21). The third kappa shape index (κ3) is 3.63. The minimum atomic E-state index is -1.10. The summed E-state index contributed by atoms with van der Waals surface area (Å²) in [5.74, 6) is -1.33. The molecular weight excluding hydrogens is 275 g/mol. The molecule has 1 heterocycles. The fourth-order valence-corrected chi connectivity index (χ4v) is 2.01. The van der Waals surface area contributed by atoms with Gasteiger partial charge < -0.3 is 5.11 Å². The maximum Gasteiger partial charge on any atom is 0.358 e. The van der Waals surface area contributed by atoms with Crippen LogP contribution in [0.5, 0.6) is 0 Å². The Morgan fingerprint density at radius 2 is 2.19 bits per heavy atom. The molecule has 2 aromatic rings. The number of carboxylic acid groups (broad SMARTS) is 1. The molecule has 1 atom stereocenters. The van der Waals surface area contributed by atoms with Crippen LogP contribution in [0.3, 0.4) is 0 Å². The summed E-state index contributed by atoms with van der Waals surface area (Å²) in [5.41, 5.74) is 0.546. The molecule has 0 aliphatic rings. The molecule has 1 unspecified atom stereocenters. The molecule has 1 aromatic heterocycles. The van der Waals surface area contributed by atoms with Crippen LogP contribution in [0.4, 0.5) is 4.39 Å². The predicted molar refractivity (Wildman–Crippen MR) is 74.4 cm³/mol. The van der Waals surface area contributed by atoms with Gasteiger partial charge in [0.25, 0.3) is 0 Å². The lowest BCUT2D eigenvalue weighted by atomic mass is 10.1. The van der Waals surface area contributed by atoms with E-state index in [1.54, 1.807) is 18.2 Å². The zero-order chi connectivity index (χ0) is 15.4. The van der Waals surface area contributed by atoms with Gasteiger partial charge in [-0.05, 0) is 20.0 Å². The molecule has 1 N–H and O–H groups in total. The summed E-state index contributed by atoms with van der Waals surface area (Å²) in [7, 11) is 1.88. The SMILES string of the molecule is CC(c1ccccc1F)N(C)CCn1cc(C(=O)O)nn1. The molecule has 0 bridgehead atoms. The molecule has 0 aliphatic heterocycles. The van der Waals surface area contributed by atoms with Gasteiger partial charge in [0.15, 0.2) is 5.69 Å². The van der Waals surface area contributed by atoms with Crippen LogP contribution in [-0.2, 0) is 6.54 Å². The molecule has 0 saturated heterocycles. The van der Waals surface area contributed by atoms with Crippen molar-refractivity contribution in [3.05, 3.63) is 47.5 Å². The number of likely N-dealkylation sites (N-methyl/N-ethyl adjacent to an activating group) is 1. The molecule has 0 aliphatic carbocycles. The minimum Gasteiger partial charge on any atom is -0.476 e. The lowest BCUT2D eigenvalue weighted by Crippen LogP contribution is -2.27. The number of hydrogen-bond donors (Lipinski definition) is 1. The number of benzene rings is 1. The smallest absolute Gasteiger partial charge is 0.358 e. The largest absolute Gasteiger partial charge is 0.476 e. The van der Waals surface area contributed by atoms with Crippen LogP contribution in [-0.4, -0.2) is 44.6 Å². The van der Waals surface area contributed by atoms with Crippen LogP contribution in [0.25, 0.3) is 0 Å². The van der Waals surface area contributed by atoms with Gasteiger partial charge in [-0.3, -0.25) is 9.58 Å². The lowest BCUT2D eigenvalue weighted by Gasteiger charge is -2.25. The molecule has 7 heteroatoms. The topological polar surface area (TPSA) is 71.2 Å². The van der Waals surface area contributed by atoms with Gasteiger partial charge in [0.2, 0.25) is 0 Å². The molecule has 0 radical (unpaired) electrons. The highest BCUT2D eigenvalue weighted by Gasteiger charge is 2.15. The molecule has 0 fully saturated rings. The highest BCUT2D eigenvalue weighted by Crippen LogP contribution is 2.21. The Hall–Kier alpha value is -2.28. The third-order valence-electron chi connectivity index (χ3n) is 3.46. The van der Waals surface area contributed by atoms with E-state index in [2.05, 4.69) is 10.3 Å². The summed E-state index contributed by atoms with van der Waals surface area (Å²) in [6, 6.07) is 6.58. The first-order chi connectivity index (χ1) is 9.99. The Labute approximate surface area is 121 Å². The fraction of sp³-hybridized carbons (Fsp3) is 0.357. The molecule has 1 aromatic carbocycles. The van der Waals surface area contributed by atoms with Crippen molar-refractivity contribution in [2.75, 3.05) is 13.6 Å². The number of nitrogens with zero attached hydrogens (tertiary/aromatic N) is 4. The maximum absolute atomic E-state index is 13.7. The molecule has 0 amide bonds. The van der Waals surface area contributed by atoms with Crippen LogP contribution in [0.15, 0.2) is 30.5 Å². The van der Waals surface area contributed by atoms with Gasteiger partial charge in [-0.25, -0.2) is 9.18 Å². The third-order valence-corrected chi connectivity index (χ3v) is 3.46. The number of hydrogen-bond acceptors (Lipinski definition) is 4. The summed E-state index contributed by atoms with van der Waals surface area (Å²) < 4.78 is 15.2. The highest BCUT2D eigenvalue weighted by molar-refractivity contribution is 5.84. The van der Waals surface area contributed by atoms with Crippen molar-refractivity contribution in [2.45, 2.75) is 19.5 Å². The number of carboxylic acids is 1. The first kappa shape index (κ1) is 15.1. The Kier molecular flexibility index (Phi) is 4.64. The minimum absolute atomic E-state index is 0.0835. The van der Waals surface area contributed by atoms with E-state index in [1.807, 2.05) is 18.9 Å². The highest BCUT2D eigenvalue weighted by atomic mass is 19.1. The van der Waals surface area contributed by atoms with Gasteiger partial charge in [-0.1, -0.05) is 23.4 Å². The Morgan fingerprint density at radius 1 is 1.48 bits per heavy atom. The Morgan fingerprint density at radius 3 is 2.81 bits per heavy atom. The van der Waals surface area contributed by atoms with Crippen LogP contribution in [0.1, 0.15) is 29.0 Å². The summed E-state index contributed by atoms with van der Waals surface area (Å²) >= 11 is 0. The van der Waals surface area contributed by atoms with E-state index in [-0.39, 0.29) is 17.6 Å². The predicted octanol–water partition coefficient (Wildman–Crippen LogP) is 1.81. The van der Waals surface area contributed by atoms with Crippen molar-refractivity contribution in [2.24, 2.45) is 0 Å². The summed E-state index contributed by atoms with van der Waals surface area (Å²) in [6.45, 7) is 3.00. The van der Waals surface area contributed by atoms with Crippen molar-refractivity contribution in [3.63, 3.8) is 0 Å². The van der Waals surface area contributed by atoms with Gasteiger partial charge in [0, 0.05) is 18.2 Å². The first-order valence-corrected chi connectivity index (χ1v) is 6.57. The van der Waals surface area contributed by atoms with Gasteiger partial charge >= 0.3 is 5.97 Å². The molecule has 112 valence electrons. The summed E-state index contributed by atoms with van der Waals surface area (Å²) in [5, 5.41) is 16.1. The second-order valence-corrected chi connectivity index (χ2v) is 4.85. The second kappa shape index (κ2) is 6.45. The van der Waals surface area contributed by atoms with E-state index in [9.17, 15) is 9.18 Å². The Balaban J connectivity index is 1.96. The number of aromatic nitrogens is 3. The van der Waals surface area contributed by atoms with Gasteiger partial charge in [-0.15, -0.1) is 5.10 Å². The number of halogens is 1. The monoisotopic (exact) mass is 292 g/mol. The second-order valence-electron chi connectivity index (χ2n) is 4.85. The number of aromatic carboxylic acids is 1. The van der Waals surface area contributed by atoms with E-state index in [1.165, 1.54) is 16.9 Å². The van der Waals surface area contributed by atoms with Gasteiger partial charge in [0.1, 0.15) is 5.82 Å². The van der Waals surface area contributed by atoms with Crippen LogP contribution in [0.2, 0.25) is 0 Å². The Bertz CT molecular complexity index is 629. The van der Waals surface area contributed by atoms with Crippen LogP contribution < -0.4 is 0 Å². The lowest BCUT2D eigenvalue weighted by molar-refractivity contribution is 0.0690. The van der Waals surface area contributed by atoms with Crippen molar-refractivity contribution in [3.8, 4) is 0 Å². The zero-order valence-electron chi connectivity index (χ0n) is 11.9. The average Bonchev–Trinajstić information content (AvgIpc) is 2.93. The maximum atomic E-state index is 13.7. The molecule has 21 heavy (non-hydrogen) atoms. The van der Waals surface area contributed by atoms with Crippen molar-refractivity contribution in [1.82, 2.24) is 19.9 Å². The van der Waals surface area contributed by atoms with Crippen LogP contribution in [0, 0.1) is 5.82 Å². The first-order valence-electron chi connectivity index (χ1n) is 6.57. The molecule has 0 spiro atoms. The van der Waals surface area contributed by atoms with E-state index in [4.69, 9.17) is 5.11 Å². The summed E-state index contributed by atoms with van der Waals surface area (Å²) in [4.78, 5) is 12.7. The molecule has 2 rings (SSSR count). The quantitative estimate of drug-likeness (QED) is 0.879. The van der Waals surface area contributed by atoms with Gasteiger partial charge in [0.05, 0.1) is 12.7 Å². The fourth-order valence-electron chi connectivity index (χ4n) is 2.01. The molecule has 6 nitrogen and oxygen atoms in total. The van der Waals surface area contributed by atoms with E-state index in [0.29, 0.717) is 18.7 Å². The van der Waals surface area contributed by atoms with E-state index < -0.39 is 5.97 Å². The van der Waals surface area contributed by atoms with E-state index >= 15 is 0 Å². The van der Waals surface area contributed by atoms with Crippen LogP contribution >= 0.6 is 0 Å². The number of carbonyl (C=O) groups is 1. The van der Waals surface area contributed by atoms with E-state index in [0.717, 1.165) is 0 Å².